The summed E-state index contributed by atoms with van der Waals surface area (Å²) in [5.74, 6) is 2.09. The molecule has 0 radical (unpaired) electrons. The molecule has 1 saturated carbocycles. The summed E-state index contributed by atoms with van der Waals surface area (Å²) < 4.78 is 16.3. The van der Waals surface area contributed by atoms with E-state index in [-0.39, 0.29) is 19.3 Å². The molecule has 4 rings (SSSR count). The van der Waals surface area contributed by atoms with Gasteiger partial charge in [-0.1, -0.05) is 12.8 Å². The zero-order chi connectivity index (χ0) is 17.1. The van der Waals surface area contributed by atoms with Crippen molar-refractivity contribution in [3.63, 3.8) is 0 Å². The van der Waals surface area contributed by atoms with Gasteiger partial charge in [0.25, 0.3) is 5.91 Å². The summed E-state index contributed by atoms with van der Waals surface area (Å²) in [7, 11) is 0. The summed E-state index contributed by atoms with van der Waals surface area (Å²) in [6.07, 6.45) is 6.40. The van der Waals surface area contributed by atoms with Gasteiger partial charge < -0.3 is 19.1 Å². The van der Waals surface area contributed by atoms with E-state index in [0.29, 0.717) is 11.5 Å². The van der Waals surface area contributed by atoms with Crippen molar-refractivity contribution in [2.24, 2.45) is 0 Å². The average molecular weight is 346 g/mol. The van der Waals surface area contributed by atoms with E-state index < -0.39 is 0 Å². The van der Waals surface area contributed by atoms with Crippen molar-refractivity contribution in [1.29, 1.82) is 0 Å². The lowest BCUT2D eigenvalue weighted by molar-refractivity contribution is -0.133. The second-order valence-corrected chi connectivity index (χ2v) is 7.01. The highest BCUT2D eigenvalue weighted by Crippen LogP contribution is 2.35. The Hall–Kier alpha value is -1.95. The van der Waals surface area contributed by atoms with Crippen molar-refractivity contribution in [3.8, 4) is 17.2 Å². The summed E-state index contributed by atoms with van der Waals surface area (Å²) in [4.78, 5) is 17.0. The third kappa shape index (κ3) is 3.84. The minimum absolute atomic E-state index is 0.0611. The van der Waals surface area contributed by atoms with E-state index in [0.717, 1.165) is 44.4 Å². The van der Waals surface area contributed by atoms with E-state index in [2.05, 4.69) is 4.90 Å². The first kappa shape index (κ1) is 16.5. The highest BCUT2D eigenvalue weighted by molar-refractivity contribution is 5.77. The van der Waals surface area contributed by atoms with Crippen LogP contribution in [0.5, 0.6) is 17.2 Å². The Balaban J connectivity index is 1.27. The third-order valence-corrected chi connectivity index (χ3v) is 5.43. The standard InChI is InChI=1S/C19H26N2O4/c22-19(13-23-16-6-7-17-18(12-16)25-14-24-17)21-9-3-8-20(10-11-21)15-4-1-2-5-15/h6-7,12,15H,1-5,8-11,13-14H2. The Kier molecular flexibility index (Phi) is 4.97. The number of nitrogens with zero attached hydrogens (tertiary/aromatic N) is 2. The molecule has 25 heavy (non-hydrogen) atoms. The molecular formula is C19H26N2O4. The van der Waals surface area contributed by atoms with Gasteiger partial charge in [0.05, 0.1) is 0 Å². The van der Waals surface area contributed by atoms with Crippen LogP contribution >= 0.6 is 0 Å². The fraction of sp³-hybridized carbons (Fsp3) is 0.632. The Morgan fingerprint density at radius 2 is 1.88 bits per heavy atom. The van der Waals surface area contributed by atoms with Gasteiger partial charge >= 0.3 is 0 Å². The van der Waals surface area contributed by atoms with E-state index >= 15 is 0 Å². The predicted molar refractivity (Wildman–Crippen MR) is 93.1 cm³/mol. The predicted octanol–water partition coefficient (Wildman–Crippen LogP) is 2.27. The molecule has 1 aromatic rings. The van der Waals surface area contributed by atoms with Gasteiger partial charge in [0.2, 0.25) is 6.79 Å². The lowest BCUT2D eigenvalue weighted by Gasteiger charge is -2.27. The molecule has 2 fully saturated rings. The quantitative estimate of drug-likeness (QED) is 0.837. The first-order valence-corrected chi connectivity index (χ1v) is 9.34. The fourth-order valence-electron chi connectivity index (χ4n) is 4.02. The molecule has 0 N–H and O–H groups in total. The molecule has 2 aliphatic heterocycles. The Morgan fingerprint density at radius 1 is 1.04 bits per heavy atom. The van der Waals surface area contributed by atoms with E-state index in [4.69, 9.17) is 14.2 Å². The number of carbonyl (C=O) groups excluding carboxylic acids is 1. The molecule has 0 bridgehead atoms. The van der Waals surface area contributed by atoms with Crippen molar-refractivity contribution < 1.29 is 19.0 Å². The number of amides is 1. The van der Waals surface area contributed by atoms with E-state index in [9.17, 15) is 4.79 Å². The zero-order valence-corrected chi connectivity index (χ0v) is 14.6. The van der Waals surface area contributed by atoms with Crippen molar-refractivity contribution in [3.05, 3.63) is 18.2 Å². The minimum Gasteiger partial charge on any atom is -0.484 e. The first-order valence-electron chi connectivity index (χ1n) is 9.34. The minimum atomic E-state index is 0.0611. The topological polar surface area (TPSA) is 51.2 Å². The van der Waals surface area contributed by atoms with Crippen molar-refractivity contribution in [2.45, 2.75) is 38.1 Å². The van der Waals surface area contributed by atoms with Gasteiger partial charge in [-0.15, -0.1) is 0 Å². The van der Waals surface area contributed by atoms with Gasteiger partial charge in [0, 0.05) is 38.3 Å². The third-order valence-electron chi connectivity index (χ3n) is 5.43. The van der Waals surface area contributed by atoms with Crippen LogP contribution in [0, 0.1) is 0 Å². The van der Waals surface area contributed by atoms with Crippen LogP contribution in [-0.4, -0.2) is 61.3 Å². The second-order valence-electron chi connectivity index (χ2n) is 7.01. The number of rotatable bonds is 4. The highest BCUT2D eigenvalue weighted by atomic mass is 16.7. The van der Waals surface area contributed by atoms with Crippen molar-refractivity contribution in [1.82, 2.24) is 9.80 Å². The molecule has 1 aromatic carbocycles. The van der Waals surface area contributed by atoms with Crippen LogP contribution < -0.4 is 14.2 Å². The van der Waals surface area contributed by atoms with Crippen LogP contribution in [-0.2, 0) is 4.79 Å². The largest absolute Gasteiger partial charge is 0.484 e. The summed E-state index contributed by atoms with van der Waals surface area (Å²) in [6.45, 7) is 4.04. The maximum atomic E-state index is 12.5. The molecule has 136 valence electrons. The lowest BCUT2D eigenvalue weighted by Crippen LogP contribution is -2.40. The SMILES string of the molecule is O=C(COc1ccc2c(c1)OCO2)N1CCCN(C2CCCC2)CC1. The zero-order valence-electron chi connectivity index (χ0n) is 14.6. The highest BCUT2D eigenvalue weighted by Gasteiger charge is 2.26. The van der Waals surface area contributed by atoms with Gasteiger partial charge in [-0.05, 0) is 31.4 Å². The monoisotopic (exact) mass is 346 g/mol. The second kappa shape index (κ2) is 7.52. The summed E-state index contributed by atoms with van der Waals surface area (Å²) in [5, 5.41) is 0. The summed E-state index contributed by atoms with van der Waals surface area (Å²) >= 11 is 0. The van der Waals surface area contributed by atoms with Gasteiger partial charge in [-0.25, -0.2) is 0 Å². The Labute approximate surface area is 148 Å². The van der Waals surface area contributed by atoms with Crippen molar-refractivity contribution in [2.75, 3.05) is 39.6 Å². The molecule has 6 heteroatoms. The molecule has 1 saturated heterocycles. The summed E-state index contributed by atoms with van der Waals surface area (Å²) in [6, 6.07) is 6.14. The van der Waals surface area contributed by atoms with E-state index in [1.807, 2.05) is 17.0 Å². The van der Waals surface area contributed by atoms with Gasteiger partial charge in [0.15, 0.2) is 18.1 Å². The van der Waals surface area contributed by atoms with Crippen LogP contribution in [0.3, 0.4) is 0 Å². The Morgan fingerprint density at radius 3 is 2.76 bits per heavy atom. The van der Waals surface area contributed by atoms with Gasteiger partial charge in [-0.2, -0.15) is 0 Å². The Bertz CT molecular complexity index is 615. The lowest BCUT2D eigenvalue weighted by atomic mass is 10.2. The first-order chi connectivity index (χ1) is 12.3. The molecule has 0 unspecified atom stereocenters. The molecule has 0 spiro atoms. The number of fused-ring (bicyclic) bond motifs is 1. The smallest absolute Gasteiger partial charge is 0.260 e. The van der Waals surface area contributed by atoms with Crippen LogP contribution in [0.1, 0.15) is 32.1 Å². The van der Waals surface area contributed by atoms with Crippen LogP contribution in [0.25, 0.3) is 0 Å². The maximum absolute atomic E-state index is 12.5. The summed E-state index contributed by atoms with van der Waals surface area (Å²) in [5.41, 5.74) is 0. The van der Waals surface area contributed by atoms with Crippen LogP contribution in [0.4, 0.5) is 0 Å². The molecule has 1 aliphatic carbocycles. The fourth-order valence-corrected chi connectivity index (χ4v) is 4.02. The molecular weight excluding hydrogens is 320 g/mol. The van der Waals surface area contributed by atoms with Crippen LogP contribution in [0.15, 0.2) is 18.2 Å². The van der Waals surface area contributed by atoms with Gasteiger partial charge in [0.1, 0.15) is 5.75 Å². The molecule has 6 nitrogen and oxygen atoms in total. The van der Waals surface area contributed by atoms with Crippen LogP contribution in [0.2, 0.25) is 0 Å². The number of benzene rings is 1. The molecule has 0 aromatic heterocycles. The average Bonchev–Trinajstić information content (AvgIpc) is 3.27. The molecule has 0 atom stereocenters. The molecule has 2 heterocycles. The molecule has 3 aliphatic rings. The number of ether oxygens (including phenoxy) is 3. The normalized spacial score (nSPS) is 21.4. The number of hydrogen-bond donors (Lipinski definition) is 0. The van der Waals surface area contributed by atoms with E-state index in [1.165, 1.54) is 25.7 Å². The van der Waals surface area contributed by atoms with E-state index in [1.54, 1.807) is 6.07 Å². The number of carbonyl (C=O) groups is 1. The van der Waals surface area contributed by atoms with Gasteiger partial charge in [-0.3, -0.25) is 9.69 Å². The van der Waals surface area contributed by atoms with Crippen molar-refractivity contribution >= 4 is 5.91 Å². The maximum Gasteiger partial charge on any atom is 0.260 e. The molecule has 1 amide bonds. The number of hydrogen-bond acceptors (Lipinski definition) is 5.